The van der Waals surface area contributed by atoms with Crippen molar-refractivity contribution in [1.29, 1.82) is 0 Å². The van der Waals surface area contributed by atoms with E-state index < -0.39 is 10.0 Å². The van der Waals surface area contributed by atoms with Crippen molar-refractivity contribution >= 4 is 15.9 Å². The molecule has 1 aromatic carbocycles. The molecule has 6 nitrogen and oxygen atoms in total. The van der Waals surface area contributed by atoms with Gasteiger partial charge in [-0.05, 0) is 63.0 Å². The van der Waals surface area contributed by atoms with E-state index >= 15 is 0 Å². The van der Waals surface area contributed by atoms with Gasteiger partial charge in [-0.2, -0.15) is 4.31 Å². The molecule has 2 fully saturated rings. The number of hydrogen-bond acceptors (Lipinski definition) is 4. The molecule has 3 rings (SSSR count). The van der Waals surface area contributed by atoms with Crippen LogP contribution < -0.4 is 0 Å². The number of piperazine rings is 1. The third-order valence-corrected chi connectivity index (χ3v) is 7.66. The van der Waals surface area contributed by atoms with Crippen LogP contribution in [-0.2, 0) is 14.8 Å². The Balaban J connectivity index is 1.57. The summed E-state index contributed by atoms with van der Waals surface area (Å²) in [4.78, 5) is 17.0. The van der Waals surface area contributed by atoms with E-state index in [0.29, 0.717) is 37.6 Å². The number of sulfonamides is 1. The predicted octanol–water partition coefficient (Wildman–Crippen LogP) is 2.01. The van der Waals surface area contributed by atoms with Crippen LogP contribution in [0.15, 0.2) is 23.1 Å². The molecule has 2 heterocycles. The van der Waals surface area contributed by atoms with Crippen molar-refractivity contribution in [2.75, 3.05) is 45.8 Å². The monoisotopic (exact) mass is 393 g/mol. The Labute approximate surface area is 163 Å². The Kier molecular flexibility index (Phi) is 6.55. The molecule has 2 saturated heterocycles. The average Bonchev–Trinajstić information content (AvgIpc) is 2.92. The molecule has 0 aliphatic carbocycles. The number of carbonyl (C=O) groups excluding carboxylic acids is 1. The zero-order valence-electron chi connectivity index (χ0n) is 16.5. The van der Waals surface area contributed by atoms with E-state index in [9.17, 15) is 13.2 Å². The van der Waals surface area contributed by atoms with Crippen LogP contribution in [0.1, 0.15) is 36.8 Å². The normalized spacial score (nSPS) is 20.4. The molecule has 0 N–H and O–H groups in total. The molecule has 0 bridgehead atoms. The summed E-state index contributed by atoms with van der Waals surface area (Å²) in [5, 5.41) is 0. The summed E-state index contributed by atoms with van der Waals surface area (Å²) in [5.41, 5.74) is 2.06. The molecular weight excluding hydrogens is 362 g/mol. The number of nitrogens with zero attached hydrogens (tertiary/aromatic N) is 3. The standard InChI is InChI=1S/C20H31N3O3S/c1-17-7-8-19(15-18(17)2)27(25,26)23-13-11-22(12-14-23)20(24)16-21-9-5-3-4-6-10-21/h7-8,15H,3-6,9-14,16H2,1-2H3. The van der Waals surface area contributed by atoms with Gasteiger partial charge < -0.3 is 4.90 Å². The van der Waals surface area contributed by atoms with Gasteiger partial charge in [0.25, 0.3) is 0 Å². The lowest BCUT2D eigenvalue weighted by molar-refractivity contribution is -0.133. The van der Waals surface area contributed by atoms with Crippen LogP contribution in [-0.4, -0.2) is 74.2 Å². The maximum absolute atomic E-state index is 12.9. The zero-order chi connectivity index (χ0) is 19.4. The van der Waals surface area contributed by atoms with Gasteiger partial charge in [-0.3, -0.25) is 9.69 Å². The molecule has 0 radical (unpaired) electrons. The Morgan fingerprint density at radius 2 is 1.52 bits per heavy atom. The fourth-order valence-electron chi connectivity index (χ4n) is 3.79. The van der Waals surface area contributed by atoms with Crippen molar-refractivity contribution < 1.29 is 13.2 Å². The predicted molar refractivity (Wildman–Crippen MR) is 106 cm³/mol. The highest BCUT2D eigenvalue weighted by Crippen LogP contribution is 2.20. The van der Waals surface area contributed by atoms with Crippen LogP contribution in [0.2, 0.25) is 0 Å². The van der Waals surface area contributed by atoms with Crippen LogP contribution >= 0.6 is 0 Å². The summed E-state index contributed by atoms with van der Waals surface area (Å²) in [6, 6.07) is 5.26. The molecule has 2 aliphatic rings. The van der Waals surface area contributed by atoms with Crippen LogP contribution in [0.3, 0.4) is 0 Å². The van der Waals surface area contributed by atoms with Gasteiger partial charge in [0.2, 0.25) is 15.9 Å². The maximum atomic E-state index is 12.9. The van der Waals surface area contributed by atoms with Gasteiger partial charge >= 0.3 is 0 Å². The summed E-state index contributed by atoms with van der Waals surface area (Å²) >= 11 is 0. The number of carbonyl (C=O) groups is 1. The molecule has 2 aliphatic heterocycles. The first-order valence-corrected chi connectivity index (χ1v) is 11.4. The average molecular weight is 394 g/mol. The number of aryl methyl sites for hydroxylation is 2. The number of benzene rings is 1. The molecule has 1 aromatic rings. The fraction of sp³-hybridized carbons (Fsp3) is 0.650. The fourth-order valence-corrected chi connectivity index (χ4v) is 5.29. The molecule has 150 valence electrons. The number of likely N-dealkylation sites (tertiary alicyclic amines) is 1. The van der Waals surface area contributed by atoms with Crippen molar-refractivity contribution in [2.24, 2.45) is 0 Å². The smallest absolute Gasteiger partial charge is 0.243 e. The van der Waals surface area contributed by atoms with E-state index in [1.165, 1.54) is 17.1 Å². The Morgan fingerprint density at radius 3 is 2.11 bits per heavy atom. The van der Waals surface area contributed by atoms with Crippen molar-refractivity contribution in [3.8, 4) is 0 Å². The van der Waals surface area contributed by atoms with Gasteiger partial charge in [0.15, 0.2) is 0 Å². The summed E-state index contributed by atoms with van der Waals surface area (Å²) in [6.45, 7) is 8.01. The molecule has 0 unspecified atom stereocenters. The topological polar surface area (TPSA) is 60.9 Å². The second kappa shape index (κ2) is 8.71. The van der Waals surface area contributed by atoms with E-state index in [4.69, 9.17) is 0 Å². The summed E-state index contributed by atoms with van der Waals surface area (Å²) < 4.78 is 27.3. The van der Waals surface area contributed by atoms with E-state index in [2.05, 4.69) is 4.90 Å². The largest absolute Gasteiger partial charge is 0.339 e. The first-order chi connectivity index (χ1) is 12.9. The third-order valence-electron chi connectivity index (χ3n) is 5.77. The van der Waals surface area contributed by atoms with Gasteiger partial charge in [0.05, 0.1) is 11.4 Å². The second-order valence-corrected chi connectivity index (χ2v) is 9.66. The van der Waals surface area contributed by atoms with Gasteiger partial charge in [-0.1, -0.05) is 18.9 Å². The number of amides is 1. The van der Waals surface area contributed by atoms with Crippen molar-refractivity contribution in [2.45, 2.75) is 44.4 Å². The highest BCUT2D eigenvalue weighted by atomic mass is 32.2. The molecule has 0 saturated carbocycles. The van der Waals surface area contributed by atoms with E-state index in [1.54, 1.807) is 12.1 Å². The summed E-state index contributed by atoms with van der Waals surface area (Å²) in [6.07, 6.45) is 4.82. The SMILES string of the molecule is Cc1ccc(S(=O)(=O)N2CCN(C(=O)CN3CCCCCC3)CC2)cc1C. The quantitative estimate of drug-likeness (QED) is 0.785. The van der Waals surface area contributed by atoms with Crippen LogP contribution in [0, 0.1) is 13.8 Å². The minimum atomic E-state index is -3.50. The molecule has 0 atom stereocenters. The third kappa shape index (κ3) is 4.89. The minimum absolute atomic E-state index is 0.125. The highest BCUT2D eigenvalue weighted by Gasteiger charge is 2.30. The van der Waals surface area contributed by atoms with Gasteiger partial charge in [0, 0.05) is 26.2 Å². The van der Waals surface area contributed by atoms with Crippen molar-refractivity contribution in [1.82, 2.24) is 14.1 Å². The minimum Gasteiger partial charge on any atom is -0.339 e. The van der Waals surface area contributed by atoms with Crippen molar-refractivity contribution in [3.63, 3.8) is 0 Å². The van der Waals surface area contributed by atoms with Gasteiger partial charge in [0.1, 0.15) is 0 Å². The Hall–Kier alpha value is -1.44. The lowest BCUT2D eigenvalue weighted by Gasteiger charge is -2.35. The number of hydrogen-bond donors (Lipinski definition) is 0. The lowest BCUT2D eigenvalue weighted by Crippen LogP contribution is -2.52. The van der Waals surface area contributed by atoms with Crippen LogP contribution in [0.4, 0.5) is 0 Å². The molecule has 27 heavy (non-hydrogen) atoms. The van der Waals surface area contributed by atoms with Crippen molar-refractivity contribution in [3.05, 3.63) is 29.3 Å². The molecule has 7 heteroatoms. The van der Waals surface area contributed by atoms with Gasteiger partial charge in [-0.25, -0.2) is 8.42 Å². The molecule has 0 spiro atoms. The maximum Gasteiger partial charge on any atom is 0.243 e. The first kappa shape index (κ1) is 20.3. The van der Waals surface area contributed by atoms with E-state index in [0.717, 1.165) is 37.1 Å². The molecular formula is C20H31N3O3S. The summed E-state index contributed by atoms with van der Waals surface area (Å²) in [7, 11) is -3.50. The summed E-state index contributed by atoms with van der Waals surface area (Å²) in [5.74, 6) is 0.125. The van der Waals surface area contributed by atoms with Crippen LogP contribution in [0.25, 0.3) is 0 Å². The first-order valence-electron chi connectivity index (χ1n) is 9.95. The molecule has 0 aromatic heterocycles. The Bertz CT molecular complexity index is 763. The molecule has 1 amide bonds. The van der Waals surface area contributed by atoms with E-state index in [1.807, 2.05) is 24.8 Å². The second-order valence-electron chi connectivity index (χ2n) is 7.72. The highest BCUT2D eigenvalue weighted by molar-refractivity contribution is 7.89. The van der Waals surface area contributed by atoms with Gasteiger partial charge in [-0.15, -0.1) is 0 Å². The van der Waals surface area contributed by atoms with E-state index in [-0.39, 0.29) is 5.91 Å². The number of rotatable bonds is 4. The Morgan fingerprint density at radius 1 is 0.889 bits per heavy atom. The van der Waals surface area contributed by atoms with Crippen LogP contribution in [0.5, 0.6) is 0 Å². The lowest BCUT2D eigenvalue weighted by atomic mass is 10.1. The zero-order valence-corrected chi connectivity index (χ0v) is 17.3.